The second kappa shape index (κ2) is 12.4. The van der Waals surface area contributed by atoms with Gasteiger partial charge in [0.2, 0.25) is 0 Å². The van der Waals surface area contributed by atoms with Crippen LogP contribution in [-0.2, 0) is 0 Å². The van der Waals surface area contributed by atoms with E-state index in [-0.39, 0.29) is 0 Å². The molecule has 2 aromatic heterocycles. The fraction of sp³-hybridized carbons (Fsp3) is 0.0370. The Labute approximate surface area is 337 Å². The minimum Gasteiger partial charge on any atom is -0.455 e. The molecule has 0 N–H and O–H groups in total. The highest BCUT2D eigenvalue weighted by atomic mass is 28.3. The number of aromatic nitrogens is 1. The van der Waals surface area contributed by atoms with E-state index in [1.807, 2.05) is 0 Å². The minimum absolute atomic E-state index is 0.942. The molecule has 4 heteroatoms. The lowest BCUT2D eigenvalue weighted by molar-refractivity contribution is 0.670. The van der Waals surface area contributed by atoms with E-state index in [0.717, 1.165) is 33.9 Å². The molecule has 0 unspecified atom stereocenters. The van der Waals surface area contributed by atoms with Crippen molar-refractivity contribution in [1.82, 2.24) is 4.57 Å². The molecule has 0 radical (unpaired) electrons. The van der Waals surface area contributed by atoms with Crippen molar-refractivity contribution in [3.8, 4) is 27.9 Å². The van der Waals surface area contributed by atoms with E-state index in [4.69, 9.17) is 4.42 Å². The van der Waals surface area contributed by atoms with Gasteiger partial charge in [-0.15, -0.1) is 0 Å². The number of benzene rings is 9. The number of hydrogen-bond acceptors (Lipinski definition) is 2. The van der Waals surface area contributed by atoms with Crippen molar-refractivity contribution in [3.05, 3.63) is 194 Å². The van der Waals surface area contributed by atoms with Gasteiger partial charge in [-0.25, -0.2) is 0 Å². The van der Waals surface area contributed by atoms with Crippen molar-refractivity contribution in [2.24, 2.45) is 0 Å². The molecular weight excluding hydrogens is 721 g/mol. The summed E-state index contributed by atoms with van der Waals surface area (Å²) in [7, 11) is -2.11. The Hall–Kier alpha value is -7.14. The van der Waals surface area contributed by atoms with E-state index >= 15 is 0 Å². The van der Waals surface area contributed by atoms with Gasteiger partial charge in [0.15, 0.2) is 0 Å². The third kappa shape index (κ3) is 4.79. The zero-order valence-electron chi connectivity index (χ0n) is 32.3. The maximum Gasteiger partial charge on any atom is 0.143 e. The lowest BCUT2D eigenvalue weighted by atomic mass is 9.97. The maximum atomic E-state index is 6.65. The highest BCUT2D eigenvalue weighted by Crippen LogP contribution is 2.43. The molecule has 12 rings (SSSR count). The third-order valence-corrected chi connectivity index (χ3v) is 16.1. The molecule has 274 valence electrons. The second-order valence-corrected chi connectivity index (χ2v) is 20.4. The summed E-state index contributed by atoms with van der Waals surface area (Å²) in [5.41, 5.74) is 13.9. The predicted octanol–water partition coefficient (Wildman–Crippen LogP) is 13.8. The van der Waals surface area contributed by atoms with Crippen LogP contribution in [0.1, 0.15) is 0 Å². The first-order valence-corrected chi connectivity index (χ1v) is 23.1. The highest BCUT2D eigenvalue weighted by Gasteiger charge is 2.40. The van der Waals surface area contributed by atoms with Crippen molar-refractivity contribution < 1.29 is 4.42 Å². The Morgan fingerprint density at radius 3 is 1.88 bits per heavy atom. The molecule has 9 aromatic carbocycles. The van der Waals surface area contributed by atoms with Gasteiger partial charge in [0.1, 0.15) is 19.2 Å². The average molecular weight is 759 g/mol. The molecule has 0 amide bonds. The molecule has 58 heavy (non-hydrogen) atoms. The molecule has 0 fully saturated rings. The van der Waals surface area contributed by atoms with E-state index in [1.165, 1.54) is 76.0 Å². The van der Waals surface area contributed by atoms with E-state index in [0.29, 0.717) is 0 Å². The van der Waals surface area contributed by atoms with Gasteiger partial charge in [-0.05, 0) is 105 Å². The van der Waals surface area contributed by atoms with Gasteiger partial charge in [-0.2, -0.15) is 0 Å². The maximum absolute atomic E-state index is 6.65. The summed E-state index contributed by atoms with van der Waals surface area (Å²) < 4.78 is 9.04. The Bertz CT molecular complexity index is 3380. The molecule has 0 spiro atoms. The van der Waals surface area contributed by atoms with Crippen LogP contribution in [0.5, 0.6) is 0 Å². The van der Waals surface area contributed by atoms with Crippen molar-refractivity contribution >= 4 is 90.0 Å². The van der Waals surface area contributed by atoms with Gasteiger partial charge in [-0.1, -0.05) is 140 Å². The number of rotatable bonds is 5. The number of para-hydroxylation sites is 3. The second-order valence-electron chi connectivity index (χ2n) is 16.1. The van der Waals surface area contributed by atoms with Crippen LogP contribution in [0, 0.1) is 0 Å². The monoisotopic (exact) mass is 758 g/mol. The van der Waals surface area contributed by atoms with Gasteiger partial charge in [0.05, 0.1) is 11.0 Å². The molecule has 0 saturated heterocycles. The summed E-state index contributed by atoms with van der Waals surface area (Å²) in [5.74, 6) is 0. The standard InChI is InChI=1S/C54H38N2OSi/c1-58(2)51-32-31-46-45-20-7-10-24-50(45)57-54(46)53(51)47-30-29-40(34-52(47)58)55(39-16-11-15-36(33-39)42-21-12-14-35-13-3-4-17-41(35)42)37-25-27-38(28-26-37)56-48-22-8-5-18-43(48)44-19-6-9-23-49(44)56/h3-34H,1-2H3. The number of hydrogen-bond donors (Lipinski definition) is 0. The summed E-state index contributed by atoms with van der Waals surface area (Å²) >= 11 is 0. The number of anilines is 3. The third-order valence-electron chi connectivity index (χ3n) is 12.6. The Kier molecular flexibility index (Phi) is 7.08. The van der Waals surface area contributed by atoms with Crippen LogP contribution in [0.4, 0.5) is 17.1 Å². The molecule has 0 atom stereocenters. The van der Waals surface area contributed by atoms with Gasteiger partial charge in [-0.3, -0.25) is 0 Å². The molecule has 0 saturated carbocycles. The lowest BCUT2D eigenvalue weighted by Gasteiger charge is -2.28. The Morgan fingerprint density at radius 2 is 1.09 bits per heavy atom. The van der Waals surface area contributed by atoms with Crippen LogP contribution in [0.2, 0.25) is 13.1 Å². The summed E-state index contributed by atoms with van der Waals surface area (Å²) in [4.78, 5) is 2.44. The number of nitrogens with zero attached hydrogens (tertiary/aromatic N) is 2. The number of furan rings is 1. The molecule has 3 nitrogen and oxygen atoms in total. The van der Waals surface area contributed by atoms with Gasteiger partial charge in [0.25, 0.3) is 0 Å². The van der Waals surface area contributed by atoms with E-state index in [1.54, 1.807) is 0 Å². The van der Waals surface area contributed by atoms with Crippen LogP contribution in [-0.4, -0.2) is 12.6 Å². The van der Waals surface area contributed by atoms with Gasteiger partial charge < -0.3 is 13.9 Å². The molecule has 0 bridgehead atoms. The summed E-state index contributed by atoms with van der Waals surface area (Å²) in [6.45, 7) is 4.98. The van der Waals surface area contributed by atoms with Crippen LogP contribution in [0.25, 0.3) is 82.5 Å². The molecule has 0 aliphatic carbocycles. The Balaban J connectivity index is 1.04. The first kappa shape index (κ1) is 33.0. The van der Waals surface area contributed by atoms with Crippen LogP contribution >= 0.6 is 0 Å². The van der Waals surface area contributed by atoms with Crippen molar-refractivity contribution in [2.45, 2.75) is 13.1 Å². The molecule has 1 aliphatic rings. The van der Waals surface area contributed by atoms with Crippen LogP contribution in [0.3, 0.4) is 0 Å². The average Bonchev–Trinajstić information content (AvgIpc) is 3.89. The fourth-order valence-electron chi connectivity index (χ4n) is 9.82. The van der Waals surface area contributed by atoms with Crippen LogP contribution < -0.4 is 15.3 Å². The summed E-state index contributed by atoms with van der Waals surface area (Å²) in [6, 6.07) is 71.1. The summed E-state index contributed by atoms with van der Waals surface area (Å²) in [6.07, 6.45) is 0. The van der Waals surface area contributed by atoms with E-state index in [2.05, 4.69) is 217 Å². The van der Waals surface area contributed by atoms with Crippen molar-refractivity contribution in [2.75, 3.05) is 4.90 Å². The quantitative estimate of drug-likeness (QED) is 0.163. The van der Waals surface area contributed by atoms with Crippen LogP contribution in [0.15, 0.2) is 199 Å². The molecule has 11 aromatic rings. The normalized spacial score (nSPS) is 13.1. The summed E-state index contributed by atoms with van der Waals surface area (Å²) in [5, 5.41) is 10.3. The molecule has 1 aliphatic heterocycles. The van der Waals surface area contributed by atoms with Gasteiger partial charge >= 0.3 is 0 Å². The predicted molar refractivity (Wildman–Crippen MR) is 248 cm³/mol. The first-order valence-electron chi connectivity index (χ1n) is 20.1. The molecular formula is C54H38N2OSi. The minimum atomic E-state index is -2.11. The van der Waals surface area contributed by atoms with E-state index in [9.17, 15) is 0 Å². The highest BCUT2D eigenvalue weighted by molar-refractivity contribution is 7.04. The van der Waals surface area contributed by atoms with Gasteiger partial charge in [0, 0.05) is 49.9 Å². The topological polar surface area (TPSA) is 21.3 Å². The SMILES string of the molecule is C[Si]1(C)c2cc(N(c3ccc(-n4c5ccccc5c5ccccc54)cc3)c3cccc(-c4cccc5ccccc45)c3)ccc2-c2c1ccc1c2oc2ccccc21. The zero-order valence-corrected chi connectivity index (χ0v) is 33.3. The lowest BCUT2D eigenvalue weighted by Crippen LogP contribution is -2.49. The largest absolute Gasteiger partial charge is 0.455 e. The smallest absolute Gasteiger partial charge is 0.143 e. The van der Waals surface area contributed by atoms with Crippen molar-refractivity contribution in [3.63, 3.8) is 0 Å². The van der Waals surface area contributed by atoms with E-state index < -0.39 is 8.07 Å². The number of fused-ring (bicyclic) bond motifs is 11. The Morgan fingerprint density at radius 1 is 0.448 bits per heavy atom. The fourth-order valence-corrected chi connectivity index (χ4v) is 12.9. The zero-order chi connectivity index (χ0) is 38.5. The molecule has 3 heterocycles. The van der Waals surface area contributed by atoms with Crippen molar-refractivity contribution in [1.29, 1.82) is 0 Å². The first-order chi connectivity index (χ1) is 28.5.